The number of ketones is 2. The molecule has 8 heteroatoms. The first kappa shape index (κ1) is 31.9. The first-order valence-corrected chi connectivity index (χ1v) is 15.3. The van der Waals surface area contributed by atoms with Crippen LogP contribution >= 0.6 is 0 Å². The minimum Gasteiger partial charge on any atom is -0.497 e. The lowest BCUT2D eigenvalue weighted by Crippen LogP contribution is -2.50. The van der Waals surface area contributed by atoms with Crippen LogP contribution in [0.4, 0.5) is 0 Å². The second kappa shape index (κ2) is 13.6. The molecule has 1 heterocycles. The Morgan fingerprint density at radius 2 is 1.53 bits per heavy atom. The van der Waals surface area contributed by atoms with Crippen molar-refractivity contribution < 1.29 is 28.7 Å². The predicted molar refractivity (Wildman–Crippen MR) is 172 cm³/mol. The SMILES string of the molecule is COc1ccc(CC(CC(=O)C(C)NC(=O)C2=C(C)c3ccccc3C2)C(=O)NC(Cc2ccccc2)C(=O)C2(C)CO2)cc1. The summed E-state index contributed by atoms with van der Waals surface area (Å²) in [6.45, 7) is 5.59. The number of Topliss-reactive ketones (excluding diaryl/α,β-unsaturated/α-hetero) is 2. The Labute approximate surface area is 264 Å². The highest BCUT2D eigenvalue weighted by molar-refractivity contribution is 6.05. The maximum Gasteiger partial charge on any atom is 0.248 e. The molecule has 0 radical (unpaired) electrons. The molecule has 0 bridgehead atoms. The molecular formula is C37H40N2O6. The molecule has 1 aliphatic heterocycles. The second-order valence-electron chi connectivity index (χ2n) is 12.2. The van der Waals surface area contributed by atoms with E-state index in [2.05, 4.69) is 10.6 Å². The zero-order valence-electron chi connectivity index (χ0n) is 26.2. The highest BCUT2D eigenvalue weighted by Gasteiger charge is 2.50. The van der Waals surface area contributed by atoms with Crippen molar-refractivity contribution in [1.82, 2.24) is 10.6 Å². The fraction of sp³-hybridized carbons (Fsp3) is 0.351. The van der Waals surface area contributed by atoms with Crippen LogP contribution in [0.2, 0.25) is 0 Å². The standard InChI is InChI=1S/C37H40N2O6/c1-23-30-13-9-8-12-27(30)20-31(23)36(43)38-24(2)33(40)21-28(18-26-14-16-29(44-4)17-15-26)35(42)39-32(34(41)37(3)22-45-37)19-25-10-6-5-7-11-25/h5-17,24,28,32H,18-22H2,1-4H3,(H,38,43)(H,39,42). The molecule has 1 saturated heterocycles. The van der Waals surface area contributed by atoms with Crippen molar-refractivity contribution in [1.29, 1.82) is 0 Å². The average molecular weight is 609 g/mol. The summed E-state index contributed by atoms with van der Waals surface area (Å²) in [5.41, 5.74) is 4.48. The fourth-order valence-corrected chi connectivity index (χ4v) is 5.83. The van der Waals surface area contributed by atoms with Gasteiger partial charge in [0.2, 0.25) is 11.8 Å². The molecule has 4 atom stereocenters. The van der Waals surface area contributed by atoms with E-state index in [0.29, 0.717) is 30.8 Å². The molecule has 2 amide bonds. The van der Waals surface area contributed by atoms with E-state index < -0.39 is 29.5 Å². The van der Waals surface area contributed by atoms with Crippen LogP contribution in [0, 0.1) is 5.92 Å². The lowest BCUT2D eigenvalue weighted by molar-refractivity contribution is -0.134. The van der Waals surface area contributed by atoms with Gasteiger partial charge < -0.3 is 20.1 Å². The van der Waals surface area contributed by atoms with Gasteiger partial charge in [0.25, 0.3) is 0 Å². The van der Waals surface area contributed by atoms with Crippen molar-refractivity contribution in [2.75, 3.05) is 13.7 Å². The van der Waals surface area contributed by atoms with E-state index in [1.54, 1.807) is 33.1 Å². The van der Waals surface area contributed by atoms with Gasteiger partial charge in [0.1, 0.15) is 11.4 Å². The van der Waals surface area contributed by atoms with Gasteiger partial charge in [0, 0.05) is 24.3 Å². The van der Waals surface area contributed by atoms with E-state index >= 15 is 0 Å². The van der Waals surface area contributed by atoms with Gasteiger partial charge in [0.15, 0.2) is 11.6 Å². The topological polar surface area (TPSA) is 114 Å². The molecule has 0 aromatic heterocycles. The molecule has 8 nitrogen and oxygen atoms in total. The number of benzene rings is 3. The number of hydrogen-bond acceptors (Lipinski definition) is 6. The number of carbonyl (C=O) groups is 4. The predicted octanol–water partition coefficient (Wildman–Crippen LogP) is 4.43. The fourth-order valence-electron chi connectivity index (χ4n) is 5.83. The molecule has 4 unspecified atom stereocenters. The molecule has 0 saturated carbocycles. The molecule has 45 heavy (non-hydrogen) atoms. The van der Waals surface area contributed by atoms with E-state index in [0.717, 1.165) is 27.8 Å². The number of ether oxygens (including phenoxy) is 2. The van der Waals surface area contributed by atoms with Crippen LogP contribution < -0.4 is 15.4 Å². The largest absolute Gasteiger partial charge is 0.497 e. The molecule has 2 aliphatic rings. The summed E-state index contributed by atoms with van der Waals surface area (Å²) in [4.78, 5) is 54.1. The molecule has 0 spiro atoms. The first-order valence-electron chi connectivity index (χ1n) is 15.3. The van der Waals surface area contributed by atoms with Crippen molar-refractivity contribution in [2.45, 2.75) is 64.1 Å². The first-order chi connectivity index (χ1) is 21.6. The van der Waals surface area contributed by atoms with E-state index in [1.165, 1.54) is 0 Å². The Morgan fingerprint density at radius 1 is 0.889 bits per heavy atom. The number of amides is 2. The molecular weight excluding hydrogens is 568 g/mol. The number of nitrogens with one attached hydrogen (secondary N) is 2. The van der Waals surface area contributed by atoms with Gasteiger partial charge in [0.05, 0.1) is 25.8 Å². The molecule has 5 rings (SSSR count). The van der Waals surface area contributed by atoms with E-state index in [4.69, 9.17) is 9.47 Å². The van der Waals surface area contributed by atoms with Gasteiger partial charge in [-0.25, -0.2) is 0 Å². The number of hydrogen-bond donors (Lipinski definition) is 2. The highest BCUT2D eigenvalue weighted by atomic mass is 16.6. The zero-order valence-corrected chi connectivity index (χ0v) is 26.2. The maximum atomic E-state index is 13.9. The van der Waals surface area contributed by atoms with Gasteiger partial charge in [-0.1, -0.05) is 66.7 Å². The summed E-state index contributed by atoms with van der Waals surface area (Å²) in [6.07, 6.45) is 0.965. The summed E-state index contributed by atoms with van der Waals surface area (Å²) < 4.78 is 10.7. The van der Waals surface area contributed by atoms with Gasteiger partial charge in [-0.05, 0) is 73.6 Å². The molecule has 234 valence electrons. The minimum atomic E-state index is -0.931. The normalized spacial score (nSPS) is 18.8. The van der Waals surface area contributed by atoms with Gasteiger partial charge >= 0.3 is 0 Å². The van der Waals surface area contributed by atoms with Crippen LogP contribution in [0.5, 0.6) is 5.75 Å². The maximum absolute atomic E-state index is 13.9. The Morgan fingerprint density at radius 3 is 2.18 bits per heavy atom. The quantitative estimate of drug-likeness (QED) is 0.262. The molecule has 1 fully saturated rings. The number of epoxide rings is 1. The third kappa shape index (κ3) is 7.57. The third-order valence-electron chi connectivity index (χ3n) is 8.82. The number of allylic oxidation sites excluding steroid dienone is 1. The molecule has 1 aliphatic carbocycles. The van der Waals surface area contributed by atoms with Crippen LogP contribution in [0.15, 0.2) is 84.4 Å². The van der Waals surface area contributed by atoms with Gasteiger partial charge in [-0.3, -0.25) is 19.2 Å². The van der Waals surface area contributed by atoms with E-state index in [-0.39, 0.29) is 30.3 Å². The van der Waals surface area contributed by atoms with Crippen molar-refractivity contribution in [3.63, 3.8) is 0 Å². The Kier molecular flexibility index (Phi) is 9.63. The van der Waals surface area contributed by atoms with Crippen LogP contribution in [-0.2, 0) is 43.2 Å². The number of methoxy groups -OCH3 is 1. The lowest BCUT2D eigenvalue weighted by Gasteiger charge is -2.24. The molecule has 2 N–H and O–H groups in total. The van der Waals surface area contributed by atoms with Crippen LogP contribution in [0.25, 0.3) is 5.57 Å². The third-order valence-corrected chi connectivity index (χ3v) is 8.82. The van der Waals surface area contributed by atoms with E-state index in [9.17, 15) is 19.2 Å². The monoisotopic (exact) mass is 608 g/mol. The number of rotatable bonds is 14. The number of carbonyl (C=O) groups excluding carboxylic acids is 4. The van der Waals surface area contributed by atoms with Crippen molar-refractivity contribution in [2.24, 2.45) is 5.92 Å². The smallest absolute Gasteiger partial charge is 0.248 e. The summed E-state index contributed by atoms with van der Waals surface area (Å²) in [5, 5.41) is 5.82. The second-order valence-corrected chi connectivity index (χ2v) is 12.2. The average Bonchev–Trinajstić information content (AvgIpc) is 3.72. The molecule has 3 aromatic rings. The van der Waals surface area contributed by atoms with Crippen LogP contribution in [-0.4, -0.2) is 54.8 Å². The van der Waals surface area contributed by atoms with Crippen molar-refractivity contribution >= 4 is 29.0 Å². The summed E-state index contributed by atoms with van der Waals surface area (Å²) in [6, 6.07) is 23.0. The van der Waals surface area contributed by atoms with Crippen molar-refractivity contribution in [3.05, 3.63) is 107 Å². The Balaban J connectivity index is 1.31. The molecule has 3 aromatic carbocycles. The highest BCUT2D eigenvalue weighted by Crippen LogP contribution is 2.32. The van der Waals surface area contributed by atoms with E-state index in [1.807, 2.05) is 73.7 Å². The number of fused-ring (bicyclic) bond motifs is 1. The van der Waals surface area contributed by atoms with Crippen LogP contribution in [0.1, 0.15) is 49.4 Å². The summed E-state index contributed by atoms with van der Waals surface area (Å²) >= 11 is 0. The lowest BCUT2D eigenvalue weighted by atomic mass is 9.89. The zero-order chi connectivity index (χ0) is 32.1. The van der Waals surface area contributed by atoms with Gasteiger partial charge in [-0.15, -0.1) is 0 Å². The Hall–Kier alpha value is -4.56. The summed E-state index contributed by atoms with van der Waals surface area (Å²) in [5.74, 6) is -1.25. The van der Waals surface area contributed by atoms with Crippen LogP contribution in [0.3, 0.4) is 0 Å². The summed E-state index contributed by atoms with van der Waals surface area (Å²) in [7, 11) is 1.58. The minimum absolute atomic E-state index is 0.114. The van der Waals surface area contributed by atoms with Crippen molar-refractivity contribution in [3.8, 4) is 5.75 Å². The Bertz CT molecular complexity index is 1610. The van der Waals surface area contributed by atoms with Gasteiger partial charge in [-0.2, -0.15) is 0 Å².